The van der Waals surface area contributed by atoms with Crippen LogP contribution in [0.25, 0.3) is 22.6 Å². The van der Waals surface area contributed by atoms with Gasteiger partial charge in [0.25, 0.3) is 0 Å². The minimum Gasteiger partial charge on any atom is -0.436 e. The molecular weight excluding hydrogens is 316 g/mol. The lowest BCUT2D eigenvalue weighted by Crippen LogP contribution is -1.82. The maximum Gasteiger partial charge on any atom is 0.228 e. The van der Waals surface area contributed by atoms with Crippen molar-refractivity contribution in [2.45, 2.75) is 0 Å². The zero-order valence-electron chi connectivity index (χ0n) is 9.15. The molecule has 0 aliphatic heterocycles. The Morgan fingerprint density at radius 1 is 1.17 bits per heavy atom. The van der Waals surface area contributed by atoms with Gasteiger partial charge in [0, 0.05) is 15.2 Å². The summed E-state index contributed by atoms with van der Waals surface area (Å²) in [7, 11) is 0. The summed E-state index contributed by atoms with van der Waals surface area (Å²) in [6.07, 6.45) is 0. The van der Waals surface area contributed by atoms with Gasteiger partial charge in [-0.1, -0.05) is 11.6 Å². The lowest BCUT2D eigenvalue weighted by atomic mass is 10.2. The number of anilines is 1. The van der Waals surface area contributed by atoms with Gasteiger partial charge < -0.3 is 10.2 Å². The molecule has 1 heterocycles. The maximum atomic E-state index is 5.98. The maximum absolute atomic E-state index is 5.98. The summed E-state index contributed by atoms with van der Waals surface area (Å²) in [6, 6.07) is 10.8. The van der Waals surface area contributed by atoms with Crippen LogP contribution in [0.4, 0.5) is 5.69 Å². The molecule has 0 aliphatic carbocycles. The molecule has 0 saturated heterocycles. The molecule has 2 aromatic carbocycles. The van der Waals surface area contributed by atoms with Crippen molar-refractivity contribution in [1.82, 2.24) is 4.98 Å². The van der Waals surface area contributed by atoms with Crippen molar-refractivity contribution in [1.29, 1.82) is 0 Å². The number of aromatic nitrogens is 1. The SMILES string of the molecule is Nc1ccc2oc(-c3cc(Cl)ccc3Br)nc2c1. The van der Waals surface area contributed by atoms with E-state index in [0.717, 1.165) is 15.6 Å². The van der Waals surface area contributed by atoms with E-state index in [9.17, 15) is 0 Å². The number of hydrogen-bond donors (Lipinski definition) is 1. The molecule has 5 heteroatoms. The van der Waals surface area contributed by atoms with Crippen molar-refractivity contribution in [2.75, 3.05) is 5.73 Å². The molecule has 0 atom stereocenters. The van der Waals surface area contributed by atoms with Crippen LogP contribution >= 0.6 is 27.5 Å². The van der Waals surface area contributed by atoms with Crippen LogP contribution in [0.1, 0.15) is 0 Å². The summed E-state index contributed by atoms with van der Waals surface area (Å²) >= 11 is 9.44. The average Bonchev–Trinajstić information content (AvgIpc) is 2.74. The number of halogens is 2. The van der Waals surface area contributed by atoms with E-state index in [1.165, 1.54) is 0 Å². The Hall–Kier alpha value is -1.52. The molecular formula is C13H8BrClN2O. The predicted octanol–water partition coefficient (Wildman–Crippen LogP) is 4.49. The number of oxazole rings is 1. The highest BCUT2D eigenvalue weighted by Gasteiger charge is 2.12. The zero-order chi connectivity index (χ0) is 12.7. The Kier molecular flexibility index (Phi) is 2.76. The van der Waals surface area contributed by atoms with Gasteiger partial charge in [-0.15, -0.1) is 0 Å². The molecule has 3 nitrogen and oxygen atoms in total. The summed E-state index contributed by atoms with van der Waals surface area (Å²) in [4.78, 5) is 4.41. The van der Waals surface area contributed by atoms with Crippen LogP contribution in [0.15, 0.2) is 45.3 Å². The second-order valence-corrected chi connectivity index (χ2v) is 5.16. The third-order valence-electron chi connectivity index (χ3n) is 2.57. The Morgan fingerprint density at radius 2 is 2.00 bits per heavy atom. The van der Waals surface area contributed by atoms with Gasteiger partial charge in [-0.2, -0.15) is 0 Å². The highest BCUT2D eigenvalue weighted by atomic mass is 79.9. The fraction of sp³-hybridized carbons (Fsp3) is 0. The first-order valence-corrected chi connectivity index (χ1v) is 6.42. The first kappa shape index (κ1) is 11.6. The molecule has 1 aromatic heterocycles. The summed E-state index contributed by atoms with van der Waals surface area (Å²) in [5.74, 6) is 0.518. The molecule has 0 radical (unpaired) electrons. The molecule has 0 fully saturated rings. The van der Waals surface area contributed by atoms with E-state index in [-0.39, 0.29) is 0 Å². The molecule has 3 aromatic rings. The van der Waals surface area contributed by atoms with Crippen molar-refractivity contribution in [3.8, 4) is 11.5 Å². The first-order chi connectivity index (χ1) is 8.63. The van der Waals surface area contributed by atoms with Gasteiger partial charge in [-0.25, -0.2) is 4.98 Å². The Bertz CT molecular complexity index is 739. The van der Waals surface area contributed by atoms with Crippen molar-refractivity contribution < 1.29 is 4.42 Å². The summed E-state index contributed by atoms with van der Waals surface area (Å²) < 4.78 is 6.57. The van der Waals surface area contributed by atoms with Crippen LogP contribution in [-0.2, 0) is 0 Å². The van der Waals surface area contributed by atoms with Gasteiger partial charge in [0.05, 0.1) is 5.56 Å². The van der Waals surface area contributed by atoms with Crippen molar-refractivity contribution in [3.63, 3.8) is 0 Å². The zero-order valence-corrected chi connectivity index (χ0v) is 11.5. The van der Waals surface area contributed by atoms with Gasteiger partial charge in [0.15, 0.2) is 5.58 Å². The van der Waals surface area contributed by atoms with Crippen LogP contribution < -0.4 is 5.73 Å². The van der Waals surface area contributed by atoms with E-state index < -0.39 is 0 Å². The van der Waals surface area contributed by atoms with Gasteiger partial charge >= 0.3 is 0 Å². The van der Waals surface area contributed by atoms with E-state index in [0.29, 0.717) is 22.2 Å². The van der Waals surface area contributed by atoms with E-state index in [1.807, 2.05) is 6.07 Å². The number of nitrogens with zero attached hydrogens (tertiary/aromatic N) is 1. The van der Waals surface area contributed by atoms with Crippen LogP contribution in [0.5, 0.6) is 0 Å². The van der Waals surface area contributed by atoms with Crippen LogP contribution in [0, 0.1) is 0 Å². The lowest BCUT2D eigenvalue weighted by Gasteiger charge is -1.99. The van der Waals surface area contributed by atoms with Gasteiger partial charge in [0.2, 0.25) is 5.89 Å². The Balaban J connectivity index is 2.22. The molecule has 2 N–H and O–H groups in total. The molecule has 0 amide bonds. The molecule has 0 bridgehead atoms. The van der Waals surface area contributed by atoms with Crippen molar-refractivity contribution >= 4 is 44.3 Å². The molecule has 18 heavy (non-hydrogen) atoms. The molecule has 90 valence electrons. The van der Waals surface area contributed by atoms with E-state index in [2.05, 4.69) is 20.9 Å². The summed E-state index contributed by atoms with van der Waals surface area (Å²) in [5, 5.41) is 0.634. The Labute approximate surface area is 117 Å². The standard InChI is InChI=1S/C13H8BrClN2O/c14-10-3-1-7(15)5-9(10)13-17-11-6-8(16)2-4-12(11)18-13/h1-6H,16H2. The minimum absolute atomic E-state index is 0.518. The summed E-state index contributed by atoms with van der Waals surface area (Å²) in [6.45, 7) is 0. The lowest BCUT2D eigenvalue weighted by molar-refractivity contribution is 0.619. The molecule has 0 spiro atoms. The van der Waals surface area contributed by atoms with Gasteiger partial charge in [0.1, 0.15) is 5.52 Å². The first-order valence-electron chi connectivity index (χ1n) is 5.25. The van der Waals surface area contributed by atoms with Crippen LogP contribution in [0.2, 0.25) is 5.02 Å². The quantitative estimate of drug-likeness (QED) is 0.671. The smallest absolute Gasteiger partial charge is 0.228 e. The second-order valence-electron chi connectivity index (χ2n) is 3.87. The number of hydrogen-bond acceptors (Lipinski definition) is 3. The van der Waals surface area contributed by atoms with Gasteiger partial charge in [-0.3, -0.25) is 0 Å². The molecule has 3 rings (SSSR count). The van der Waals surface area contributed by atoms with E-state index in [4.69, 9.17) is 21.8 Å². The van der Waals surface area contributed by atoms with Crippen LogP contribution in [0.3, 0.4) is 0 Å². The van der Waals surface area contributed by atoms with Crippen LogP contribution in [-0.4, -0.2) is 4.98 Å². The third-order valence-corrected chi connectivity index (χ3v) is 3.50. The molecule has 0 unspecified atom stereocenters. The number of nitrogen functional groups attached to an aromatic ring is 1. The average molecular weight is 324 g/mol. The Morgan fingerprint density at radius 3 is 2.83 bits per heavy atom. The number of fused-ring (bicyclic) bond motifs is 1. The highest BCUT2D eigenvalue weighted by molar-refractivity contribution is 9.10. The fourth-order valence-electron chi connectivity index (χ4n) is 1.72. The topological polar surface area (TPSA) is 52.0 Å². The number of nitrogens with two attached hydrogens (primary N) is 1. The largest absolute Gasteiger partial charge is 0.436 e. The predicted molar refractivity (Wildman–Crippen MR) is 76.6 cm³/mol. The van der Waals surface area contributed by atoms with Crippen molar-refractivity contribution in [3.05, 3.63) is 45.9 Å². The van der Waals surface area contributed by atoms with E-state index >= 15 is 0 Å². The third kappa shape index (κ3) is 1.98. The fourth-order valence-corrected chi connectivity index (χ4v) is 2.31. The second kappa shape index (κ2) is 4.30. The van der Waals surface area contributed by atoms with Crippen molar-refractivity contribution in [2.24, 2.45) is 0 Å². The number of rotatable bonds is 1. The number of benzene rings is 2. The summed E-state index contributed by atoms with van der Waals surface area (Å²) in [5.41, 5.74) is 8.62. The minimum atomic E-state index is 0.518. The van der Waals surface area contributed by atoms with E-state index in [1.54, 1.807) is 30.3 Å². The van der Waals surface area contributed by atoms with Gasteiger partial charge in [-0.05, 0) is 52.3 Å². The monoisotopic (exact) mass is 322 g/mol. The molecule has 0 aliphatic rings. The highest BCUT2D eigenvalue weighted by Crippen LogP contribution is 2.32. The molecule has 0 saturated carbocycles. The normalized spacial score (nSPS) is 11.0.